The summed E-state index contributed by atoms with van der Waals surface area (Å²) in [6, 6.07) is 0. The van der Waals surface area contributed by atoms with E-state index in [1.165, 1.54) is 24.2 Å². The number of carboxylic acids is 1. The van der Waals surface area contributed by atoms with Crippen LogP contribution in [0.15, 0.2) is 5.38 Å². The lowest BCUT2D eigenvalue weighted by molar-refractivity contribution is -0.136. The summed E-state index contributed by atoms with van der Waals surface area (Å²) in [4.78, 5) is 14.6. The number of carbonyl (C=O) groups is 1. The Morgan fingerprint density at radius 1 is 1.79 bits per heavy atom. The van der Waals surface area contributed by atoms with Crippen LogP contribution in [0, 0.1) is 0 Å². The van der Waals surface area contributed by atoms with Crippen molar-refractivity contribution in [2.45, 2.75) is 31.7 Å². The highest BCUT2D eigenvalue weighted by Crippen LogP contribution is 2.38. The molecule has 76 valence electrons. The molecule has 0 aliphatic heterocycles. The summed E-state index contributed by atoms with van der Waals surface area (Å²) in [6.07, 6.45) is 2.34. The van der Waals surface area contributed by atoms with E-state index in [-0.39, 0.29) is 12.0 Å². The normalized spacial score (nSPS) is 17.8. The Labute approximate surface area is 86.0 Å². The van der Waals surface area contributed by atoms with E-state index in [2.05, 4.69) is 17.2 Å². The summed E-state index contributed by atoms with van der Waals surface area (Å²) in [5.74, 6) is -0.834. The molecular weight excluding hydrogens is 200 g/mol. The third-order valence-corrected chi connectivity index (χ3v) is 3.10. The number of aliphatic carboxylic acids is 1. The van der Waals surface area contributed by atoms with Crippen LogP contribution >= 0.6 is 11.3 Å². The fourth-order valence-corrected chi connectivity index (χ4v) is 2.03. The second-order valence-electron chi connectivity index (χ2n) is 3.90. The van der Waals surface area contributed by atoms with Gasteiger partial charge in [0.05, 0.1) is 12.1 Å². The molecule has 1 aromatic heterocycles. The molecule has 1 heterocycles. The highest BCUT2D eigenvalue weighted by atomic mass is 32.1. The van der Waals surface area contributed by atoms with Crippen molar-refractivity contribution in [3.05, 3.63) is 11.1 Å². The molecule has 0 bridgehead atoms. The first-order valence-corrected chi connectivity index (χ1v) is 5.40. The number of thiazole rings is 1. The number of anilines is 1. The van der Waals surface area contributed by atoms with Crippen molar-refractivity contribution in [1.82, 2.24) is 4.98 Å². The first kappa shape index (κ1) is 9.45. The molecule has 0 spiro atoms. The van der Waals surface area contributed by atoms with Gasteiger partial charge in [0.15, 0.2) is 5.13 Å². The third-order valence-electron chi connectivity index (χ3n) is 2.29. The minimum atomic E-state index is -0.834. The van der Waals surface area contributed by atoms with Crippen molar-refractivity contribution < 1.29 is 9.90 Å². The molecule has 5 heteroatoms. The second kappa shape index (κ2) is 3.24. The molecule has 1 aliphatic carbocycles. The molecule has 0 saturated heterocycles. The van der Waals surface area contributed by atoms with Gasteiger partial charge in [0, 0.05) is 10.9 Å². The summed E-state index contributed by atoms with van der Waals surface area (Å²) in [5.41, 5.74) is 0.840. The summed E-state index contributed by atoms with van der Waals surface area (Å²) in [7, 11) is 0. The highest BCUT2D eigenvalue weighted by molar-refractivity contribution is 7.13. The molecule has 0 atom stereocenters. The average Bonchev–Trinajstić information content (AvgIpc) is 2.61. The lowest BCUT2D eigenvalue weighted by atomic mass is 10.3. The number of rotatable bonds is 4. The molecule has 2 N–H and O–H groups in total. The number of hydrogen-bond acceptors (Lipinski definition) is 4. The topological polar surface area (TPSA) is 62.2 Å². The number of aromatic nitrogens is 1. The largest absolute Gasteiger partial charge is 0.481 e. The average molecular weight is 212 g/mol. The lowest BCUT2D eigenvalue weighted by Crippen LogP contribution is -2.15. The minimum absolute atomic E-state index is 0.00882. The molecule has 14 heavy (non-hydrogen) atoms. The van der Waals surface area contributed by atoms with E-state index in [0.29, 0.717) is 5.69 Å². The van der Waals surface area contributed by atoms with E-state index in [0.717, 1.165) is 5.13 Å². The van der Waals surface area contributed by atoms with Gasteiger partial charge in [0.1, 0.15) is 0 Å². The zero-order valence-electron chi connectivity index (χ0n) is 7.91. The van der Waals surface area contributed by atoms with Crippen LogP contribution in [0.4, 0.5) is 5.13 Å². The van der Waals surface area contributed by atoms with Gasteiger partial charge in [-0.1, -0.05) is 0 Å². The molecule has 0 unspecified atom stereocenters. The molecule has 4 nitrogen and oxygen atoms in total. The van der Waals surface area contributed by atoms with Crippen LogP contribution < -0.4 is 5.32 Å². The van der Waals surface area contributed by atoms with Crippen molar-refractivity contribution in [2.75, 3.05) is 5.32 Å². The monoisotopic (exact) mass is 212 g/mol. The zero-order valence-corrected chi connectivity index (χ0v) is 8.73. The standard InChI is InChI=1S/C9H12N2O2S/c1-9(2-3-9)11-8-10-6(5-14-8)4-7(12)13/h5H,2-4H2,1H3,(H,10,11)(H,12,13). The second-order valence-corrected chi connectivity index (χ2v) is 4.76. The number of hydrogen-bond donors (Lipinski definition) is 2. The molecule has 0 aromatic carbocycles. The Morgan fingerprint density at radius 3 is 3.07 bits per heavy atom. The Hall–Kier alpha value is -1.10. The van der Waals surface area contributed by atoms with Crippen molar-refractivity contribution in [1.29, 1.82) is 0 Å². The van der Waals surface area contributed by atoms with E-state index in [1.807, 2.05) is 0 Å². The fourth-order valence-electron chi connectivity index (χ4n) is 1.17. The summed E-state index contributed by atoms with van der Waals surface area (Å²) in [5, 5.41) is 14.5. The van der Waals surface area contributed by atoms with Crippen LogP contribution in [-0.4, -0.2) is 21.6 Å². The van der Waals surface area contributed by atoms with Gasteiger partial charge in [0.2, 0.25) is 0 Å². The van der Waals surface area contributed by atoms with Gasteiger partial charge in [-0.25, -0.2) is 4.98 Å². The van der Waals surface area contributed by atoms with E-state index in [1.54, 1.807) is 5.38 Å². The van der Waals surface area contributed by atoms with Gasteiger partial charge < -0.3 is 10.4 Å². The Bertz CT molecular complexity index is 357. The molecule has 1 fully saturated rings. The van der Waals surface area contributed by atoms with Crippen LogP contribution in [0.3, 0.4) is 0 Å². The van der Waals surface area contributed by atoms with E-state index >= 15 is 0 Å². The summed E-state index contributed by atoms with van der Waals surface area (Å²) >= 11 is 1.47. The maximum absolute atomic E-state index is 10.4. The Morgan fingerprint density at radius 2 is 2.50 bits per heavy atom. The lowest BCUT2D eigenvalue weighted by Gasteiger charge is -2.08. The van der Waals surface area contributed by atoms with Crippen LogP contribution in [0.2, 0.25) is 0 Å². The van der Waals surface area contributed by atoms with Gasteiger partial charge >= 0.3 is 5.97 Å². The molecule has 0 radical (unpaired) electrons. The maximum atomic E-state index is 10.4. The van der Waals surface area contributed by atoms with Gasteiger partial charge in [-0.3, -0.25) is 4.79 Å². The van der Waals surface area contributed by atoms with Crippen molar-refractivity contribution >= 4 is 22.4 Å². The molecule has 2 rings (SSSR count). The number of carboxylic acid groups (broad SMARTS) is 1. The third kappa shape index (κ3) is 2.23. The predicted molar refractivity (Wildman–Crippen MR) is 54.7 cm³/mol. The smallest absolute Gasteiger partial charge is 0.309 e. The van der Waals surface area contributed by atoms with Crippen molar-refractivity contribution in [2.24, 2.45) is 0 Å². The zero-order chi connectivity index (χ0) is 10.2. The van der Waals surface area contributed by atoms with E-state index in [9.17, 15) is 4.79 Å². The predicted octanol–water partition coefficient (Wildman–Crippen LogP) is 1.73. The molecule has 1 aromatic rings. The highest BCUT2D eigenvalue weighted by Gasteiger charge is 2.37. The van der Waals surface area contributed by atoms with Crippen LogP contribution in [-0.2, 0) is 11.2 Å². The number of nitrogens with zero attached hydrogens (tertiary/aromatic N) is 1. The SMILES string of the molecule is CC1(Nc2nc(CC(=O)O)cs2)CC1. The van der Waals surface area contributed by atoms with Crippen LogP contribution in [0.5, 0.6) is 0 Å². The Kier molecular flexibility index (Phi) is 2.19. The molecule has 0 amide bonds. The Balaban J connectivity index is 1.99. The van der Waals surface area contributed by atoms with Crippen molar-refractivity contribution in [3.63, 3.8) is 0 Å². The van der Waals surface area contributed by atoms with E-state index in [4.69, 9.17) is 5.11 Å². The number of nitrogens with one attached hydrogen (secondary N) is 1. The van der Waals surface area contributed by atoms with Gasteiger partial charge in [-0.15, -0.1) is 11.3 Å². The van der Waals surface area contributed by atoms with Gasteiger partial charge in [0.25, 0.3) is 0 Å². The summed E-state index contributed by atoms with van der Waals surface area (Å²) < 4.78 is 0. The maximum Gasteiger partial charge on any atom is 0.309 e. The van der Waals surface area contributed by atoms with Crippen LogP contribution in [0.1, 0.15) is 25.5 Å². The molecule has 1 aliphatic rings. The first-order valence-electron chi connectivity index (χ1n) is 4.52. The van der Waals surface area contributed by atoms with E-state index < -0.39 is 5.97 Å². The van der Waals surface area contributed by atoms with Gasteiger partial charge in [-0.2, -0.15) is 0 Å². The minimum Gasteiger partial charge on any atom is -0.481 e. The first-order chi connectivity index (χ1) is 6.57. The quantitative estimate of drug-likeness (QED) is 0.798. The fraction of sp³-hybridized carbons (Fsp3) is 0.556. The summed E-state index contributed by atoms with van der Waals surface area (Å²) in [6.45, 7) is 2.14. The van der Waals surface area contributed by atoms with Crippen LogP contribution in [0.25, 0.3) is 0 Å². The van der Waals surface area contributed by atoms with Gasteiger partial charge in [-0.05, 0) is 19.8 Å². The molecule has 1 saturated carbocycles. The molecular formula is C9H12N2O2S. The van der Waals surface area contributed by atoms with Crippen molar-refractivity contribution in [3.8, 4) is 0 Å².